The molecule has 0 aromatic heterocycles. The van der Waals surface area contributed by atoms with Gasteiger partial charge in [-0.3, -0.25) is 4.79 Å². The molecule has 0 aliphatic rings. The fourth-order valence-corrected chi connectivity index (χ4v) is 1.97. The SMILES string of the molecule is CCC(C)C(=O)Oc1ccc2cc(COCO)ccc2c1. The summed E-state index contributed by atoms with van der Waals surface area (Å²) >= 11 is 0. The van der Waals surface area contributed by atoms with E-state index in [0.29, 0.717) is 12.4 Å². The quantitative estimate of drug-likeness (QED) is 0.503. The summed E-state index contributed by atoms with van der Waals surface area (Å²) in [6.45, 7) is 3.90. The molecule has 0 saturated heterocycles. The zero-order valence-electron chi connectivity index (χ0n) is 12.3. The molecule has 0 amide bonds. The van der Waals surface area contributed by atoms with Crippen molar-refractivity contribution in [3.05, 3.63) is 42.0 Å². The highest BCUT2D eigenvalue weighted by molar-refractivity contribution is 5.85. The van der Waals surface area contributed by atoms with Crippen LogP contribution in [0.15, 0.2) is 36.4 Å². The number of fused-ring (bicyclic) bond motifs is 1. The molecule has 0 fully saturated rings. The average Bonchev–Trinajstić information content (AvgIpc) is 2.51. The van der Waals surface area contributed by atoms with Gasteiger partial charge in [0, 0.05) is 0 Å². The third kappa shape index (κ3) is 4.03. The number of ether oxygens (including phenoxy) is 2. The van der Waals surface area contributed by atoms with Crippen LogP contribution in [0.4, 0.5) is 0 Å². The van der Waals surface area contributed by atoms with E-state index in [1.54, 1.807) is 6.07 Å². The first-order valence-corrected chi connectivity index (χ1v) is 7.07. The zero-order chi connectivity index (χ0) is 15.2. The van der Waals surface area contributed by atoms with Crippen molar-refractivity contribution in [2.75, 3.05) is 6.79 Å². The summed E-state index contributed by atoms with van der Waals surface area (Å²) in [5.41, 5.74) is 0.987. The van der Waals surface area contributed by atoms with Gasteiger partial charge in [-0.2, -0.15) is 0 Å². The maximum Gasteiger partial charge on any atom is 0.314 e. The molecule has 0 heterocycles. The van der Waals surface area contributed by atoms with E-state index in [4.69, 9.17) is 14.6 Å². The van der Waals surface area contributed by atoms with Gasteiger partial charge in [0.2, 0.25) is 0 Å². The Kier molecular flexibility index (Phi) is 5.31. The van der Waals surface area contributed by atoms with Crippen LogP contribution in [-0.4, -0.2) is 17.9 Å². The molecule has 4 nitrogen and oxygen atoms in total. The highest BCUT2D eigenvalue weighted by Crippen LogP contribution is 2.23. The first-order valence-electron chi connectivity index (χ1n) is 7.07. The van der Waals surface area contributed by atoms with Gasteiger partial charge in [-0.1, -0.05) is 32.0 Å². The number of rotatable bonds is 6. The highest BCUT2D eigenvalue weighted by Gasteiger charge is 2.13. The first-order chi connectivity index (χ1) is 10.1. The minimum absolute atomic E-state index is 0.0984. The minimum atomic E-state index is -0.289. The summed E-state index contributed by atoms with van der Waals surface area (Å²) in [5.74, 6) is 0.260. The fourth-order valence-electron chi connectivity index (χ4n) is 1.97. The molecule has 0 spiro atoms. The molecule has 1 atom stereocenters. The molecule has 0 saturated carbocycles. The van der Waals surface area contributed by atoms with Crippen LogP contribution in [0.1, 0.15) is 25.8 Å². The molecule has 0 bridgehead atoms. The van der Waals surface area contributed by atoms with Crippen molar-refractivity contribution in [3.63, 3.8) is 0 Å². The number of aliphatic hydroxyl groups is 1. The van der Waals surface area contributed by atoms with Crippen LogP contribution in [-0.2, 0) is 16.1 Å². The Morgan fingerprint density at radius 2 is 1.90 bits per heavy atom. The molecule has 0 aliphatic heterocycles. The lowest BCUT2D eigenvalue weighted by molar-refractivity contribution is -0.138. The summed E-state index contributed by atoms with van der Waals surface area (Å²) in [6.07, 6.45) is 0.765. The minimum Gasteiger partial charge on any atom is -0.426 e. The molecule has 0 aliphatic carbocycles. The van der Waals surface area contributed by atoms with Gasteiger partial charge in [0.05, 0.1) is 12.5 Å². The molecular formula is C17H20O4. The number of hydrogen-bond acceptors (Lipinski definition) is 4. The van der Waals surface area contributed by atoms with E-state index >= 15 is 0 Å². The standard InChI is InChI=1S/C17H20O4/c1-3-12(2)17(19)21-16-7-6-14-8-13(10-20-11-18)4-5-15(14)9-16/h4-9,12,18H,3,10-11H2,1-2H3. The van der Waals surface area contributed by atoms with Crippen molar-refractivity contribution in [2.24, 2.45) is 5.92 Å². The summed E-state index contributed by atoms with van der Waals surface area (Å²) in [4.78, 5) is 11.8. The van der Waals surface area contributed by atoms with Crippen LogP contribution in [0.2, 0.25) is 0 Å². The lowest BCUT2D eigenvalue weighted by Crippen LogP contribution is -2.16. The predicted molar refractivity (Wildman–Crippen MR) is 80.9 cm³/mol. The summed E-state index contributed by atoms with van der Waals surface area (Å²) in [7, 11) is 0. The van der Waals surface area contributed by atoms with Crippen molar-refractivity contribution in [1.82, 2.24) is 0 Å². The van der Waals surface area contributed by atoms with Crippen LogP contribution >= 0.6 is 0 Å². The number of aliphatic hydroxyl groups excluding tert-OH is 1. The highest BCUT2D eigenvalue weighted by atomic mass is 16.6. The van der Waals surface area contributed by atoms with Crippen molar-refractivity contribution in [3.8, 4) is 5.75 Å². The monoisotopic (exact) mass is 288 g/mol. The lowest BCUT2D eigenvalue weighted by Gasteiger charge is -2.10. The van der Waals surface area contributed by atoms with Gasteiger partial charge in [0.25, 0.3) is 0 Å². The molecule has 2 aromatic rings. The van der Waals surface area contributed by atoms with Gasteiger partial charge < -0.3 is 14.6 Å². The smallest absolute Gasteiger partial charge is 0.314 e. The molecule has 4 heteroatoms. The molecule has 2 rings (SSSR count). The number of esters is 1. The van der Waals surface area contributed by atoms with Crippen LogP contribution in [0.3, 0.4) is 0 Å². The van der Waals surface area contributed by atoms with Crippen molar-refractivity contribution in [2.45, 2.75) is 26.9 Å². The Labute approximate surface area is 124 Å². The molecule has 1 unspecified atom stereocenters. The van der Waals surface area contributed by atoms with Gasteiger partial charge in [0.1, 0.15) is 12.5 Å². The van der Waals surface area contributed by atoms with E-state index < -0.39 is 0 Å². The maximum atomic E-state index is 11.8. The topological polar surface area (TPSA) is 55.8 Å². The second-order valence-electron chi connectivity index (χ2n) is 5.05. The van der Waals surface area contributed by atoms with Gasteiger partial charge in [-0.15, -0.1) is 0 Å². The molecule has 0 radical (unpaired) electrons. The van der Waals surface area contributed by atoms with Crippen molar-refractivity contribution in [1.29, 1.82) is 0 Å². The van der Waals surface area contributed by atoms with Crippen molar-refractivity contribution >= 4 is 16.7 Å². The van der Waals surface area contributed by atoms with Gasteiger partial charge >= 0.3 is 5.97 Å². The Morgan fingerprint density at radius 1 is 1.19 bits per heavy atom. The van der Waals surface area contributed by atoms with E-state index in [0.717, 1.165) is 22.8 Å². The van der Waals surface area contributed by atoms with E-state index in [1.165, 1.54) is 0 Å². The van der Waals surface area contributed by atoms with E-state index in [1.807, 2.05) is 44.2 Å². The second kappa shape index (κ2) is 7.20. The number of hydrogen-bond donors (Lipinski definition) is 1. The maximum absolute atomic E-state index is 11.8. The zero-order valence-corrected chi connectivity index (χ0v) is 12.3. The van der Waals surface area contributed by atoms with Crippen LogP contribution in [0.5, 0.6) is 5.75 Å². The number of carbonyl (C=O) groups excluding carboxylic acids is 1. The van der Waals surface area contributed by atoms with Crippen LogP contribution < -0.4 is 4.74 Å². The average molecular weight is 288 g/mol. The molecule has 112 valence electrons. The Balaban J connectivity index is 2.16. The third-order valence-corrected chi connectivity index (χ3v) is 3.47. The normalized spacial score (nSPS) is 12.3. The predicted octanol–water partition coefficient (Wildman–Crippen LogP) is 3.26. The number of carbonyl (C=O) groups is 1. The molecule has 2 aromatic carbocycles. The summed E-state index contributed by atoms with van der Waals surface area (Å²) in [6, 6.07) is 11.4. The third-order valence-electron chi connectivity index (χ3n) is 3.47. The lowest BCUT2D eigenvalue weighted by atomic mass is 10.1. The van der Waals surface area contributed by atoms with E-state index in [9.17, 15) is 4.79 Å². The Morgan fingerprint density at radius 3 is 2.62 bits per heavy atom. The number of benzene rings is 2. The molecular weight excluding hydrogens is 268 g/mol. The van der Waals surface area contributed by atoms with Gasteiger partial charge in [-0.05, 0) is 41.0 Å². The van der Waals surface area contributed by atoms with E-state index in [2.05, 4.69) is 0 Å². The molecule has 1 N–H and O–H groups in total. The molecule has 21 heavy (non-hydrogen) atoms. The fraction of sp³-hybridized carbons (Fsp3) is 0.353. The van der Waals surface area contributed by atoms with E-state index in [-0.39, 0.29) is 18.7 Å². The van der Waals surface area contributed by atoms with Gasteiger partial charge in [0.15, 0.2) is 0 Å². The van der Waals surface area contributed by atoms with Gasteiger partial charge in [-0.25, -0.2) is 0 Å². The van der Waals surface area contributed by atoms with Crippen LogP contribution in [0.25, 0.3) is 10.8 Å². The first kappa shape index (κ1) is 15.5. The second-order valence-corrected chi connectivity index (χ2v) is 5.05. The van der Waals surface area contributed by atoms with Crippen LogP contribution in [0, 0.1) is 5.92 Å². The summed E-state index contributed by atoms with van der Waals surface area (Å²) < 4.78 is 10.3. The Bertz CT molecular complexity index is 621. The Hall–Kier alpha value is -1.91. The summed E-state index contributed by atoms with van der Waals surface area (Å²) in [5, 5.41) is 10.7. The largest absolute Gasteiger partial charge is 0.426 e. The van der Waals surface area contributed by atoms with Crippen molar-refractivity contribution < 1.29 is 19.4 Å².